The largest absolute Gasteiger partial charge is 0.206 e. The van der Waals surface area contributed by atoms with Crippen molar-refractivity contribution in [2.45, 2.75) is 6.92 Å². The molecule has 2 nitrogen and oxygen atoms in total. The lowest BCUT2D eigenvalue weighted by atomic mass is 10.1. The van der Waals surface area contributed by atoms with Crippen LogP contribution in [0.15, 0.2) is 64.8 Å². The van der Waals surface area contributed by atoms with Crippen LogP contribution in [0, 0.1) is 42.0 Å². The van der Waals surface area contributed by atoms with Gasteiger partial charge in [0.1, 0.15) is 11.6 Å². The highest BCUT2D eigenvalue weighted by atomic mass is 19.2. The van der Waals surface area contributed by atoms with Crippen LogP contribution in [0.3, 0.4) is 0 Å². The Balaban J connectivity index is 1.77. The summed E-state index contributed by atoms with van der Waals surface area (Å²) in [5.41, 5.74) is 1.34. The molecule has 0 aliphatic carbocycles. The van der Waals surface area contributed by atoms with Crippen molar-refractivity contribution in [2.24, 2.45) is 10.2 Å². The molecule has 0 fully saturated rings. The Morgan fingerprint density at radius 3 is 1.85 bits per heavy atom. The van der Waals surface area contributed by atoms with Crippen molar-refractivity contribution in [3.63, 3.8) is 0 Å². The molecule has 0 aliphatic rings. The molecule has 0 aromatic heterocycles. The number of azo groups is 1. The smallest absolute Gasteiger partial charge is 0.161 e. The summed E-state index contributed by atoms with van der Waals surface area (Å²) >= 11 is 0. The van der Waals surface area contributed by atoms with E-state index in [4.69, 9.17) is 0 Å². The summed E-state index contributed by atoms with van der Waals surface area (Å²) in [5, 5.41) is 7.73. The van der Waals surface area contributed by atoms with Crippen LogP contribution in [0.5, 0.6) is 0 Å². The Kier molecular flexibility index (Phi) is 5.32. The van der Waals surface area contributed by atoms with Gasteiger partial charge in [-0.05, 0) is 61.0 Å². The van der Waals surface area contributed by atoms with E-state index in [1.807, 2.05) is 0 Å². The highest BCUT2D eigenvalue weighted by Crippen LogP contribution is 2.21. The second-order valence-corrected chi connectivity index (χ2v) is 5.70. The second-order valence-electron chi connectivity index (χ2n) is 5.70. The van der Waals surface area contributed by atoms with Gasteiger partial charge in [-0.2, -0.15) is 10.2 Å². The van der Waals surface area contributed by atoms with Crippen LogP contribution in [0.1, 0.15) is 16.7 Å². The average Bonchev–Trinajstić information content (AvgIpc) is 2.63. The average molecular weight is 368 g/mol. The minimum atomic E-state index is -1.01. The van der Waals surface area contributed by atoms with Crippen molar-refractivity contribution in [3.05, 3.63) is 94.6 Å². The maximum Gasteiger partial charge on any atom is 0.161 e. The van der Waals surface area contributed by atoms with Crippen molar-refractivity contribution in [3.8, 4) is 11.8 Å². The van der Waals surface area contributed by atoms with E-state index in [2.05, 4.69) is 22.1 Å². The Morgan fingerprint density at radius 2 is 1.22 bits per heavy atom. The van der Waals surface area contributed by atoms with Crippen molar-refractivity contribution in [1.82, 2.24) is 0 Å². The summed E-state index contributed by atoms with van der Waals surface area (Å²) in [6.07, 6.45) is 0. The van der Waals surface area contributed by atoms with Crippen LogP contribution in [0.25, 0.3) is 0 Å². The summed E-state index contributed by atoms with van der Waals surface area (Å²) in [6, 6.07) is 12.0. The van der Waals surface area contributed by atoms with Crippen LogP contribution in [-0.4, -0.2) is 0 Å². The molecule has 0 saturated carbocycles. The van der Waals surface area contributed by atoms with E-state index in [9.17, 15) is 17.6 Å². The first kappa shape index (κ1) is 18.3. The van der Waals surface area contributed by atoms with E-state index >= 15 is 0 Å². The number of aryl methyl sites for hydroxylation is 1. The molecule has 3 aromatic rings. The topological polar surface area (TPSA) is 24.7 Å². The summed E-state index contributed by atoms with van der Waals surface area (Å²) in [7, 11) is 0. The van der Waals surface area contributed by atoms with Crippen LogP contribution in [0.4, 0.5) is 28.9 Å². The van der Waals surface area contributed by atoms with Gasteiger partial charge in [0, 0.05) is 11.6 Å². The standard InChI is InChI=1S/C21H12F4N2/c1-13-10-19(23)17(20(24)11-13)8-4-14-2-5-15(6-3-14)26-27-16-7-9-18(22)21(25)12-16/h2-3,5-7,9-12H,1H3. The molecule has 0 heterocycles. The SMILES string of the molecule is Cc1cc(F)c(C#Cc2ccc(N=Nc3ccc(F)c(F)c3)cc2)c(F)c1. The third-order valence-electron chi connectivity index (χ3n) is 3.57. The number of hydrogen-bond donors (Lipinski definition) is 0. The molecule has 134 valence electrons. The Labute approximate surface area is 153 Å². The van der Waals surface area contributed by atoms with Crippen LogP contribution in [0.2, 0.25) is 0 Å². The predicted octanol–water partition coefficient (Wildman–Crippen LogP) is 6.37. The van der Waals surface area contributed by atoms with Crippen molar-refractivity contribution >= 4 is 11.4 Å². The molecule has 0 spiro atoms. The highest BCUT2D eigenvalue weighted by molar-refractivity contribution is 5.48. The lowest BCUT2D eigenvalue weighted by Gasteiger charge is -1.99. The number of benzene rings is 3. The molecule has 3 aromatic carbocycles. The van der Waals surface area contributed by atoms with Crippen molar-refractivity contribution in [2.75, 3.05) is 0 Å². The van der Waals surface area contributed by atoms with Gasteiger partial charge in [0.25, 0.3) is 0 Å². The van der Waals surface area contributed by atoms with E-state index in [-0.39, 0.29) is 11.3 Å². The summed E-state index contributed by atoms with van der Waals surface area (Å²) in [5.74, 6) is 1.78. The van der Waals surface area contributed by atoms with E-state index in [1.165, 1.54) is 18.2 Å². The maximum absolute atomic E-state index is 13.8. The first-order valence-corrected chi connectivity index (χ1v) is 7.87. The molecule has 0 N–H and O–H groups in total. The minimum absolute atomic E-state index is 0.170. The maximum atomic E-state index is 13.8. The first-order valence-electron chi connectivity index (χ1n) is 7.87. The van der Waals surface area contributed by atoms with Gasteiger partial charge in [-0.3, -0.25) is 0 Å². The molecule has 0 saturated heterocycles. The molecule has 27 heavy (non-hydrogen) atoms. The predicted molar refractivity (Wildman–Crippen MR) is 94.1 cm³/mol. The third kappa shape index (κ3) is 4.59. The van der Waals surface area contributed by atoms with Gasteiger partial charge < -0.3 is 0 Å². The molecule has 0 bridgehead atoms. The van der Waals surface area contributed by atoms with Gasteiger partial charge in [-0.1, -0.05) is 11.8 Å². The molecule has 0 aliphatic heterocycles. The van der Waals surface area contributed by atoms with Crippen LogP contribution in [-0.2, 0) is 0 Å². The number of hydrogen-bond acceptors (Lipinski definition) is 2. The van der Waals surface area contributed by atoms with Gasteiger partial charge in [0.15, 0.2) is 11.6 Å². The summed E-state index contributed by atoms with van der Waals surface area (Å²) < 4.78 is 53.5. The molecular formula is C21H12F4N2. The van der Waals surface area contributed by atoms with Gasteiger partial charge in [0.2, 0.25) is 0 Å². The monoisotopic (exact) mass is 368 g/mol. The zero-order valence-corrected chi connectivity index (χ0v) is 14.1. The summed E-state index contributed by atoms with van der Waals surface area (Å²) in [6.45, 7) is 1.59. The Morgan fingerprint density at radius 1 is 0.630 bits per heavy atom. The quantitative estimate of drug-likeness (QED) is 0.285. The molecule has 0 radical (unpaired) electrons. The van der Waals surface area contributed by atoms with Crippen LogP contribution >= 0.6 is 0 Å². The summed E-state index contributed by atoms with van der Waals surface area (Å²) in [4.78, 5) is 0. The number of halogens is 4. The van der Waals surface area contributed by atoms with Gasteiger partial charge in [-0.15, -0.1) is 0 Å². The molecule has 0 unspecified atom stereocenters. The Hall–Kier alpha value is -3.46. The zero-order valence-electron chi connectivity index (χ0n) is 14.1. The number of rotatable bonds is 2. The van der Waals surface area contributed by atoms with Crippen LogP contribution < -0.4 is 0 Å². The molecule has 6 heteroatoms. The van der Waals surface area contributed by atoms with E-state index in [0.717, 1.165) is 12.1 Å². The molecular weight excluding hydrogens is 356 g/mol. The normalized spacial score (nSPS) is 10.7. The highest BCUT2D eigenvalue weighted by Gasteiger charge is 2.07. The molecule has 0 amide bonds. The third-order valence-corrected chi connectivity index (χ3v) is 3.57. The van der Waals surface area contributed by atoms with E-state index in [1.54, 1.807) is 31.2 Å². The molecule has 3 rings (SSSR count). The van der Waals surface area contributed by atoms with Gasteiger partial charge >= 0.3 is 0 Å². The van der Waals surface area contributed by atoms with E-state index < -0.39 is 23.3 Å². The second kappa shape index (κ2) is 7.83. The van der Waals surface area contributed by atoms with Gasteiger partial charge in [0.05, 0.1) is 16.9 Å². The minimum Gasteiger partial charge on any atom is -0.206 e. The number of nitrogens with zero attached hydrogens (tertiary/aromatic N) is 2. The Bertz CT molecular complexity index is 1050. The first-order chi connectivity index (χ1) is 12.9. The molecule has 0 atom stereocenters. The van der Waals surface area contributed by atoms with Crippen molar-refractivity contribution < 1.29 is 17.6 Å². The fraction of sp³-hybridized carbons (Fsp3) is 0.0476. The fourth-order valence-corrected chi connectivity index (χ4v) is 2.23. The zero-order chi connectivity index (χ0) is 19.4. The lowest BCUT2D eigenvalue weighted by Crippen LogP contribution is -1.91. The fourth-order valence-electron chi connectivity index (χ4n) is 2.23. The van der Waals surface area contributed by atoms with Crippen molar-refractivity contribution in [1.29, 1.82) is 0 Å². The lowest BCUT2D eigenvalue weighted by molar-refractivity contribution is 0.509. The van der Waals surface area contributed by atoms with Gasteiger partial charge in [-0.25, -0.2) is 17.6 Å². The van der Waals surface area contributed by atoms with E-state index in [0.29, 0.717) is 16.8 Å².